The lowest BCUT2D eigenvalue weighted by Crippen LogP contribution is -2.29. The Morgan fingerprint density at radius 1 is 1.44 bits per heavy atom. The first-order valence-corrected chi connectivity index (χ1v) is 5.40. The number of hydrogen-bond acceptors (Lipinski definition) is 5. The summed E-state index contributed by atoms with van der Waals surface area (Å²) in [7, 11) is 0. The molecule has 0 aliphatic heterocycles. The Kier molecular flexibility index (Phi) is 3.11. The van der Waals surface area contributed by atoms with Crippen molar-refractivity contribution in [2.45, 2.75) is 0 Å². The molecule has 0 aromatic carbocycles. The zero-order chi connectivity index (χ0) is 11.4. The van der Waals surface area contributed by atoms with E-state index in [1.165, 1.54) is 23.7 Å². The molecule has 1 amide bonds. The summed E-state index contributed by atoms with van der Waals surface area (Å²) in [6, 6.07) is 4.94. The predicted molar refractivity (Wildman–Crippen MR) is 57.5 cm³/mol. The maximum atomic E-state index is 11.5. The summed E-state index contributed by atoms with van der Waals surface area (Å²) in [4.78, 5) is 23.6. The third-order valence-corrected chi connectivity index (χ3v) is 2.79. The highest BCUT2D eigenvalue weighted by Gasteiger charge is 2.12. The quantitative estimate of drug-likeness (QED) is 0.813. The lowest BCUT2D eigenvalue weighted by Gasteiger charge is -1.99. The number of rotatable bonds is 4. The standard InChI is InChI=1S/C10H8N2O3S/c13-8(9-2-1-5-16-9)6-11-10(14)7-3-4-15-12-7/h1-5H,6H2,(H,11,14). The van der Waals surface area contributed by atoms with Gasteiger partial charge in [0.05, 0.1) is 11.4 Å². The monoisotopic (exact) mass is 236 g/mol. The van der Waals surface area contributed by atoms with Gasteiger partial charge in [0.2, 0.25) is 0 Å². The molecule has 2 aromatic rings. The fraction of sp³-hybridized carbons (Fsp3) is 0.100. The van der Waals surface area contributed by atoms with Crippen LogP contribution in [-0.4, -0.2) is 23.4 Å². The molecule has 0 unspecified atom stereocenters. The molecule has 0 saturated carbocycles. The van der Waals surface area contributed by atoms with Crippen molar-refractivity contribution in [1.29, 1.82) is 0 Å². The summed E-state index contributed by atoms with van der Waals surface area (Å²) in [5, 5.41) is 7.74. The third-order valence-electron chi connectivity index (χ3n) is 1.88. The lowest BCUT2D eigenvalue weighted by molar-refractivity contribution is 0.0899. The van der Waals surface area contributed by atoms with Crippen LogP contribution in [0.4, 0.5) is 0 Å². The van der Waals surface area contributed by atoms with Crippen LogP contribution in [-0.2, 0) is 0 Å². The Hall–Kier alpha value is -1.95. The van der Waals surface area contributed by atoms with E-state index in [4.69, 9.17) is 0 Å². The Morgan fingerprint density at radius 3 is 2.94 bits per heavy atom. The van der Waals surface area contributed by atoms with Gasteiger partial charge in [0.25, 0.3) is 5.91 Å². The van der Waals surface area contributed by atoms with Gasteiger partial charge in [-0.3, -0.25) is 9.59 Å². The highest BCUT2D eigenvalue weighted by Crippen LogP contribution is 2.08. The fourth-order valence-corrected chi connectivity index (χ4v) is 1.77. The minimum atomic E-state index is -0.418. The van der Waals surface area contributed by atoms with Crippen LogP contribution in [0.5, 0.6) is 0 Å². The van der Waals surface area contributed by atoms with Gasteiger partial charge in [0.15, 0.2) is 11.5 Å². The molecule has 82 valence electrons. The number of carbonyl (C=O) groups is 2. The molecule has 2 heterocycles. The molecule has 16 heavy (non-hydrogen) atoms. The normalized spacial score (nSPS) is 10.0. The van der Waals surface area contributed by atoms with Crippen molar-refractivity contribution >= 4 is 23.0 Å². The zero-order valence-electron chi connectivity index (χ0n) is 8.17. The second kappa shape index (κ2) is 4.71. The first-order valence-electron chi connectivity index (χ1n) is 4.52. The average Bonchev–Trinajstić information content (AvgIpc) is 2.95. The Morgan fingerprint density at radius 2 is 2.31 bits per heavy atom. The Balaban J connectivity index is 1.89. The molecule has 0 saturated heterocycles. The number of amides is 1. The van der Waals surface area contributed by atoms with Gasteiger partial charge in [-0.05, 0) is 11.4 Å². The van der Waals surface area contributed by atoms with E-state index in [0.717, 1.165) is 0 Å². The van der Waals surface area contributed by atoms with Crippen LogP contribution in [0.2, 0.25) is 0 Å². The van der Waals surface area contributed by atoms with Gasteiger partial charge in [-0.15, -0.1) is 11.3 Å². The van der Waals surface area contributed by atoms with E-state index >= 15 is 0 Å². The molecule has 2 rings (SSSR count). The second-order valence-corrected chi connectivity index (χ2v) is 3.92. The number of thiophene rings is 1. The number of ketones is 1. The number of nitrogens with zero attached hydrogens (tertiary/aromatic N) is 1. The van der Waals surface area contributed by atoms with Crippen molar-refractivity contribution in [3.63, 3.8) is 0 Å². The zero-order valence-corrected chi connectivity index (χ0v) is 8.99. The number of hydrogen-bond donors (Lipinski definition) is 1. The smallest absolute Gasteiger partial charge is 0.273 e. The van der Waals surface area contributed by atoms with Crippen LogP contribution in [0.1, 0.15) is 20.2 Å². The summed E-state index contributed by atoms with van der Waals surface area (Å²) in [5.74, 6) is -0.537. The maximum Gasteiger partial charge on any atom is 0.273 e. The number of aromatic nitrogens is 1. The van der Waals surface area contributed by atoms with Gasteiger partial charge in [0.1, 0.15) is 6.26 Å². The number of Topliss-reactive ketones (excluding diaryl/α,β-unsaturated/α-hetero) is 1. The van der Waals surface area contributed by atoms with E-state index in [-0.39, 0.29) is 18.0 Å². The van der Waals surface area contributed by atoms with Crippen LogP contribution in [0.15, 0.2) is 34.4 Å². The fourth-order valence-electron chi connectivity index (χ4n) is 1.11. The molecular formula is C10H8N2O3S. The van der Waals surface area contributed by atoms with Gasteiger partial charge in [-0.1, -0.05) is 11.2 Å². The van der Waals surface area contributed by atoms with E-state index in [0.29, 0.717) is 4.88 Å². The molecule has 5 nitrogen and oxygen atoms in total. The third kappa shape index (κ3) is 2.34. The molecule has 0 atom stereocenters. The van der Waals surface area contributed by atoms with Gasteiger partial charge in [0, 0.05) is 6.07 Å². The molecule has 0 fully saturated rings. The topological polar surface area (TPSA) is 72.2 Å². The average molecular weight is 236 g/mol. The van der Waals surface area contributed by atoms with Crippen molar-refractivity contribution < 1.29 is 14.1 Å². The van der Waals surface area contributed by atoms with Crippen LogP contribution in [0.25, 0.3) is 0 Å². The van der Waals surface area contributed by atoms with Crippen molar-refractivity contribution in [3.05, 3.63) is 40.4 Å². The van der Waals surface area contributed by atoms with Crippen molar-refractivity contribution in [1.82, 2.24) is 10.5 Å². The van der Waals surface area contributed by atoms with Gasteiger partial charge in [-0.2, -0.15) is 0 Å². The lowest BCUT2D eigenvalue weighted by atomic mass is 10.3. The maximum absolute atomic E-state index is 11.5. The van der Waals surface area contributed by atoms with Gasteiger partial charge < -0.3 is 9.84 Å². The summed E-state index contributed by atoms with van der Waals surface area (Å²) in [6.45, 7) is -0.0355. The van der Waals surface area contributed by atoms with Crippen LogP contribution >= 0.6 is 11.3 Å². The van der Waals surface area contributed by atoms with E-state index in [9.17, 15) is 9.59 Å². The first kappa shape index (κ1) is 10.6. The van der Waals surface area contributed by atoms with Crippen molar-refractivity contribution in [3.8, 4) is 0 Å². The van der Waals surface area contributed by atoms with Gasteiger partial charge in [-0.25, -0.2) is 0 Å². The summed E-state index contributed by atoms with van der Waals surface area (Å²) in [6.07, 6.45) is 1.30. The van der Waals surface area contributed by atoms with Crippen LogP contribution < -0.4 is 5.32 Å². The van der Waals surface area contributed by atoms with E-state index in [1.807, 2.05) is 5.38 Å². The predicted octanol–water partition coefficient (Wildman–Crippen LogP) is 1.35. The van der Waals surface area contributed by atoms with Crippen LogP contribution in [0.3, 0.4) is 0 Å². The SMILES string of the molecule is O=C(NCC(=O)c1cccs1)c1ccon1. The molecular weight excluding hydrogens is 228 g/mol. The largest absolute Gasteiger partial charge is 0.364 e. The minimum Gasteiger partial charge on any atom is -0.364 e. The molecule has 0 aliphatic rings. The molecule has 6 heteroatoms. The highest BCUT2D eigenvalue weighted by molar-refractivity contribution is 7.12. The number of carbonyl (C=O) groups excluding carboxylic acids is 2. The van der Waals surface area contributed by atoms with E-state index in [2.05, 4.69) is 15.0 Å². The summed E-state index contributed by atoms with van der Waals surface area (Å²) < 4.78 is 4.52. The first-order chi connectivity index (χ1) is 7.77. The van der Waals surface area contributed by atoms with Crippen molar-refractivity contribution in [2.24, 2.45) is 0 Å². The highest BCUT2D eigenvalue weighted by atomic mass is 32.1. The minimum absolute atomic E-state index is 0.0355. The summed E-state index contributed by atoms with van der Waals surface area (Å²) >= 11 is 1.35. The van der Waals surface area contributed by atoms with Gasteiger partial charge >= 0.3 is 0 Å². The van der Waals surface area contributed by atoms with E-state index < -0.39 is 5.91 Å². The molecule has 1 N–H and O–H groups in total. The summed E-state index contributed by atoms with van der Waals surface area (Å²) in [5.41, 5.74) is 0.166. The molecule has 0 radical (unpaired) electrons. The van der Waals surface area contributed by atoms with Crippen molar-refractivity contribution in [2.75, 3.05) is 6.54 Å². The Labute approximate surface area is 95.1 Å². The molecule has 0 bridgehead atoms. The molecule has 2 aromatic heterocycles. The Bertz CT molecular complexity index is 430. The van der Waals surface area contributed by atoms with E-state index in [1.54, 1.807) is 12.1 Å². The second-order valence-electron chi connectivity index (χ2n) is 2.97. The molecule has 0 aliphatic carbocycles. The van der Waals surface area contributed by atoms with Crippen LogP contribution in [0, 0.1) is 0 Å². The molecule has 0 spiro atoms. The number of nitrogens with one attached hydrogen (secondary N) is 1.